The second kappa shape index (κ2) is 6.33. The molecule has 0 saturated heterocycles. The van der Waals surface area contributed by atoms with Gasteiger partial charge in [0.1, 0.15) is 5.75 Å². The van der Waals surface area contributed by atoms with Crippen molar-refractivity contribution >= 4 is 15.9 Å². The Morgan fingerprint density at radius 3 is 2.35 bits per heavy atom. The fourth-order valence-electron chi connectivity index (χ4n) is 1.85. The Morgan fingerprint density at radius 1 is 1.15 bits per heavy atom. The van der Waals surface area contributed by atoms with Crippen LogP contribution in [0.3, 0.4) is 0 Å². The van der Waals surface area contributed by atoms with Gasteiger partial charge in [0.15, 0.2) is 17.4 Å². The van der Waals surface area contributed by atoms with Crippen LogP contribution in [0.4, 0.5) is 8.78 Å². The molecule has 0 amide bonds. The van der Waals surface area contributed by atoms with Crippen LogP contribution in [0.15, 0.2) is 34.8 Å². The molecule has 0 unspecified atom stereocenters. The van der Waals surface area contributed by atoms with Crippen LogP contribution in [0.2, 0.25) is 0 Å². The van der Waals surface area contributed by atoms with Crippen molar-refractivity contribution in [2.24, 2.45) is 0 Å². The number of hydrogen-bond donors (Lipinski definition) is 1. The van der Waals surface area contributed by atoms with Crippen LogP contribution < -0.4 is 10.1 Å². The van der Waals surface area contributed by atoms with Crippen LogP contribution in [0.25, 0.3) is 0 Å². The van der Waals surface area contributed by atoms with Crippen LogP contribution in [-0.4, -0.2) is 7.05 Å². The van der Waals surface area contributed by atoms with Gasteiger partial charge in [0.25, 0.3) is 0 Å². The highest BCUT2D eigenvalue weighted by Gasteiger charge is 2.14. The molecule has 20 heavy (non-hydrogen) atoms. The van der Waals surface area contributed by atoms with Crippen molar-refractivity contribution in [3.05, 3.63) is 57.6 Å². The van der Waals surface area contributed by atoms with Gasteiger partial charge in [-0.3, -0.25) is 0 Å². The standard InChI is InChI=1S/C15H14BrF2NO/c1-9-5-11(16)3-4-14(9)20-15-12(17)6-10(8-19-2)7-13(15)18/h3-7,19H,8H2,1-2H3. The van der Waals surface area contributed by atoms with Crippen molar-refractivity contribution in [1.82, 2.24) is 5.32 Å². The van der Waals surface area contributed by atoms with Crippen molar-refractivity contribution in [3.63, 3.8) is 0 Å². The molecule has 0 heterocycles. The molecule has 5 heteroatoms. The SMILES string of the molecule is CNCc1cc(F)c(Oc2ccc(Br)cc2C)c(F)c1. The van der Waals surface area contributed by atoms with Gasteiger partial charge in [-0.25, -0.2) is 8.78 Å². The first-order valence-electron chi connectivity index (χ1n) is 6.08. The third-order valence-electron chi connectivity index (χ3n) is 2.79. The van der Waals surface area contributed by atoms with Crippen LogP contribution in [0.5, 0.6) is 11.5 Å². The minimum absolute atomic E-state index is 0.379. The fourth-order valence-corrected chi connectivity index (χ4v) is 2.33. The molecular weight excluding hydrogens is 328 g/mol. The number of rotatable bonds is 4. The minimum atomic E-state index is -0.711. The van der Waals surface area contributed by atoms with Gasteiger partial charge in [-0.1, -0.05) is 15.9 Å². The van der Waals surface area contributed by atoms with Gasteiger partial charge in [0, 0.05) is 11.0 Å². The van der Waals surface area contributed by atoms with E-state index in [-0.39, 0.29) is 5.75 Å². The van der Waals surface area contributed by atoms with Crippen LogP contribution >= 0.6 is 15.9 Å². The number of aryl methyl sites for hydroxylation is 1. The highest BCUT2D eigenvalue weighted by Crippen LogP contribution is 2.31. The number of hydrogen-bond acceptors (Lipinski definition) is 2. The molecule has 0 spiro atoms. The third-order valence-corrected chi connectivity index (χ3v) is 3.28. The lowest BCUT2D eigenvalue weighted by Gasteiger charge is -2.12. The smallest absolute Gasteiger partial charge is 0.198 e. The van der Waals surface area contributed by atoms with Gasteiger partial charge in [-0.15, -0.1) is 0 Å². The predicted molar refractivity (Wildman–Crippen MR) is 78.1 cm³/mol. The van der Waals surface area contributed by atoms with Gasteiger partial charge < -0.3 is 10.1 Å². The summed E-state index contributed by atoms with van der Waals surface area (Å²) in [6.45, 7) is 2.21. The van der Waals surface area contributed by atoms with Gasteiger partial charge in [-0.2, -0.15) is 0 Å². The molecular formula is C15H14BrF2NO. The maximum Gasteiger partial charge on any atom is 0.198 e. The second-order valence-corrected chi connectivity index (χ2v) is 5.35. The predicted octanol–water partition coefficient (Wildman–Crippen LogP) is 4.55. The van der Waals surface area contributed by atoms with Crippen LogP contribution in [0.1, 0.15) is 11.1 Å². The normalized spacial score (nSPS) is 10.7. The lowest BCUT2D eigenvalue weighted by Crippen LogP contribution is -2.06. The molecule has 106 valence electrons. The van der Waals surface area contributed by atoms with E-state index in [1.54, 1.807) is 19.2 Å². The van der Waals surface area contributed by atoms with E-state index in [9.17, 15) is 8.78 Å². The summed E-state index contributed by atoms with van der Waals surface area (Å²) < 4.78 is 34.1. The summed E-state index contributed by atoms with van der Waals surface area (Å²) in [5, 5.41) is 2.84. The summed E-state index contributed by atoms with van der Waals surface area (Å²) in [5.74, 6) is -1.38. The molecule has 0 radical (unpaired) electrons. The summed E-state index contributed by atoms with van der Waals surface area (Å²) >= 11 is 3.33. The zero-order valence-corrected chi connectivity index (χ0v) is 12.7. The molecule has 0 bridgehead atoms. The average molecular weight is 342 g/mol. The van der Waals surface area contributed by atoms with Crippen LogP contribution in [0, 0.1) is 18.6 Å². The monoisotopic (exact) mass is 341 g/mol. The average Bonchev–Trinajstić information content (AvgIpc) is 2.36. The largest absolute Gasteiger partial charge is 0.451 e. The van der Waals surface area contributed by atoms with E-state index in [1.165, 1.54) is 12.1 Å². The highest BCUT2D eigenvalue weighted by molar-refractivity contribution is 9.10. The Kier molecular flexibility index (Phi) is 4.73. The summed E-state index contributed by atoms with van der Waals surface area (Å²) in [5.41, 5.74) is 1.32. The zero-order chi connectivity index (χ0) is 14.7. The molecule has 2 rings (SSSR count). The maximum absolute atomic E-state index is 13.9. The van der Waals surface area contributed by atoms with Crippen LogP contribution in [-0.2, 0) is 6.54 Å². The Morgan fingerprint density at radius 2 is 1.80 bits per heavy atom. The molecule has 0 saturated carbocycles. The Labute approximate surface area is 124 Å². The Bertz CT molecular complexity index is 608. The van der Waals surface area contributed by atoms with Crippen molar-refractivity contribution < 1.29 is 13.5 Å². The van der Waals surface area contributed by atoms with E-state index in [4.69, 9.17) is 4.74 Å². The third kappa shape index (κ3) is 3.35. The molecule has 0 aliphatic carbocycles. The van der Waals surface area contributed by atoms with E-state index in [2.05, 4.69) is 21.2 Å². The first-order valence-corrected chi connectivity index (χ1v) is 6.87. The molecule has 0 aliphatic rings. The van der Waals surface area contributed by atoms with Gasteiger partial charge in [0.05, 0.1) is 0 Å². The van der Waals surface area contributed by atoms with Gasteiger partial charge in [-0.05, 0) is 55.4 Å². The highest BCUT2D eigenvalue weighted by atomic mass is 79.9. The van der Waals surface area contributed by atoms with E-state index in [0.29, 0.717) is 17.9 Å². The zero-order valence-electron chi connectivity index (χ0n) is 11.1. The number of benzene rings is 2. The lowest BCUT2D eigenvalue weighted by molar-refractivity contribution is 0.404. The number of nitrogens with one attached hydrogen (secondary N) is 1. The number of ether oxygens (including phenoxy) is 1. The topological polar surface area (TPSA) is 21.3 Å². The van der Waals surface area contributed by atoms with Crippen molar-refractivity contribution in [3.8, 4) is 11.5 Å². The van der Waals surface area contributed by atoms with Gasteiger partial charge in [0.2, 0.25) is 0 Å². The molecule has 0 aliphatic heterocycles. The van der Waals surface area contributed by atoms with Crippen molar-refractivity contribution in [1.29, 1.82) is 0 Å². The number of halogens is 3. The molecule has 2 aromatic rings. The molecule has 1 N–H and O–H groups in total. The fraction of sp³-hybridized carbons (Fsp3) is 0.200. The molecule has 0 fully saturated rings. The first kappa shape index (κ1) is 14.9. The molecule has 0 aromatic heterocycles. The van der Waals surface area contributed by atoms with E-state index >= 15 is 0 Å². The summed E-state index contributed by atoms with van der Waals surface area (Å²) in [7, 11) is 1.71. The second-order valence-electron chi connectivity index (χ2n) is 4.43. The quantitative estimate of drug-likeness (QED) is 0.880. The molecule has 0 atom stereocenters. The summed E-state index contributed by atoms with van der Waals surface area (Å²) in [6.07, 6.45) is 0. The molecule has 2 nitrogen and oxygen atoms in total. The minimum Gasteiger partial charge on any atom is -0.451 e. The molecule has 2 aromatic carbocycles. The first-order chi connectivity index (χ1) is 9.51. The Hall–Kier alpha value is -1.46. The van der Waals surface area contributed by atoms with Gasteiger partial charge >= 0.3 is 0 Å². The van der Waals surface area contributed by atoms with E-state index in [0.717, 1.165) is 10.0 Å². The summed E-state index contributed by atoms with van der Waals surface area (Å²) in [4.78, 5) is 0. The maximum atomic E-state index is 13.9. The van der Waals surface area contributed by atoms with Crippen molar-refractivity contribution in [2.75, 3.05) is 7.05 Å². The lowest BCUT2D eigenvalue weighted by atomic mass is 10.2. The van der Waals surface area contributed by atoms with E-state index in [1.807, 2.05) is 13.0 Å². The summed E-state index contributed by atoms with van der Waals surface area (Å²) in [6, 6.07) is 7.78. The van der Waals surface area contributed by atoms with E-state index < -0.39 is 11.6 Å². The Balaban J connectivity index is 2.33. The van der Waals surface area contributed by atoms with Crippen molar-refractivity contribution in [2.45, 2.75) is 13.5 Å².